The lowest BCUT2D eigenvalue weighted by atomic mass is 10.2. The Bertz CT molecular complexity index is 676. The summed E-state index contributed by atoms with van der Waals surface area (Å²) < 4.78 is 4.46. The SMILES string of the molecule is COC(=O)CNC(=O)CSc1nc(C)nc2ccccc12. The molecule has 0 bridgehead atoms. The zero-order valence-electron chi connectivity index (χ0n) is 11.8. The number of aromatic nitrogens is 2. The first-order chi connectivity index (χ1) is 10.1. The van der Waals surface area contributed by atoms with E-state index in [1.54, 1.807) is 0 Å². The summed E-state index contributed by atoms with van der Waals surface area (Å²) >= 11 is 1.32. The van der Waals surface area contributed by atoms with E-state index in [2.05, 4.69) is 20.0 Å². The fourth-order valence-corrected chi connectivity index (χ4v) is 2.59. The quantitative estimate of drug-likeness (QED) is 0.510. The molecular weight excluding hydrogens is 290 g/mol. The molecule has 0 aliphatic heterocycles. The van der Waals surface area contributed by atoms with Crippen molar-refractivity contribution in [1.82, 2.24) is 15.3 Å². The fraction of sp³-hybridized carbons (Fsp3) is 0.286. The topological polar surface area (TPSA) is 81.2 Å². The van der Waals surface area contributed by atoms with E-state index in [9.17, 15) is 9.59 Å². The number of nitrogens with one attached hydrogen (secondary N) is 1. The number of carbonyl (C=O) groups is 2. The molecule has 0 aliphatic rings. The first kappa shape index (κ1) is 15.2. The van der Waals surface area contributed by atoms with E-state index in [1.807, 2.05) is 31.2 Å². The van der Waals surface area contributed by atoms with Gasteiger partial charge in [0.2, 0.25) is 5.91 Å². The van der Waals surface area contributed by atoms with Crippen molar-refractivity contribution in [3.8, 4) is 0 Å². The normalized spacial score (nSPS) is 10.4. The summed E-state index contributed by atoms with van der Waals surface area (Å²) in [6.45, 7) is 1.69. The number of amides is 1. The standard InChI is InChI=1S/C14H15N3O3S/c1-9-16-11-6-4-3-5-10(11)14(17-9)21-8-12(18)15-7-13(19)20-2/h3-6H,7-8H2,1-2H3,(H,15,18). The Morgan fingerprint density at radius 2 is 2.05 bits per heavy atom. The predicted octanol–water partition coefficient (Wildman–Crippen LogP) is 1.32. The van der Waals surface area contributed by atoms with E-state index < -0.39 is 5.97 Å². The first-order valence-corrected chi connectivity index (χ1v) is 7.28. The highest BCUT2D eigenvalue weighted by Gasteiger charge is 2.10. The second-order valence-corrected chi connectivity index (χ2v) is 5.20. The fourth-order valence-electron chi connectivity index (χ4n) is 1.70. The average molecular weight is 305 g/mol. The number of rotatable bonds is 5. The highest BCUT2D eigenvalue weighted by Crippen LogP contribution is 2.24. The number of hydrogen-bond donors (Lipinski definition) is 1. The van der Waals surface area contributed by atoms with Crippen LogP contribution in [0.1, 0.15) is 5.82 Å². The number of benzene rings is 1. The van der Waals surface area contributed by atoms with Gasteiger partial charge in [0, 0.05) is 5.39 Å². The summed E-state index contributed by atoms with van der Waals surface area (Å²) in [5.41, 5.74) is 0.850. The predicted molar refractivity (Wildman–Crippen MR) is 80.0 cm³/mol. The van der Waals surface area contributed by atoms with Crippen LogP contribution in [-0.2, 0) is 14.3 Å². The van der Waals surface area contributed by atoms with Gasteiger partial charge in [0.1, 0.15) is 17.4 Å². The number of fused-ring (bicyclic) bond motifs is 1. The molecule has 2 aromatic rings. The van der Waals surface area contributed by atoms with Gasteiger partial charge in [-0.15, -0.1) is 0 Å². The van der Waals surface area contributed by atoms with Crippen molar-refractivity contribution in [3.05, 3.63) is 30.1 Å². The largest absolute Gasteiger partial charge is 0.468 e. The van der Waals surface area contributed by atoms with Gasteiger partial charge in [-0.2, -0.15) is 0 Å². The lowest BCUT2D eigenvalue weighted by Crippen LogP contribution is -2.31. The number of carbonyl (C=O) groups excluding carboxylic acids is 2. The number of ether oxygens (including phenoxy) is 1. The molecule has 0 unspecified atom stereocenters. The van der Waals surface area contributed by atoms with E-state index >= 15 is 0 Å². The Labute approximate surface area is 126 Å². The summed E-state index contributed by atoms with van der Waals surface area (Å²) in [5, 5.41) is 4.16. The van der Waals surface area contributed by atoms with Crippen LogP contribution in [0.5, 0.6) is 0 Å². The van der Waals surface area contributed by atoms with Crippen molar-refractivity contribution in [3.63, 3.8) is 0 Å². The third kappa shape index (κ3) is 4.16. The number of aryl methyl sites for hydroxylation is 1. The van der Waals surface area contributed by atoms with Crippen molar-refractivity contribution < 1.29 is 14.3 Å². The van der Waals surface area contributed by atoms with Gasteiger partial charge < -0.3 is 10.1 Å². The first-order valence-electron chi connectivity index (χ1n) is 6.30. The number of thioether (sulfide) groups is 1. The number of hydrogen-bond acceptors (Lipinski definition) is 6. The molecule has 1 N–H and O–H groups in total. The van der Waals surface area contributed by atoms with Crippen molar-refractivity contribution in [1.29, 1.82) is 0 Å². The molecule has 0 saturated heterocycles. The molecular formula is C14H15N3O3S. The van der Waals surface area contributed by atoms with Crippen LogP contribution in [0.2, 0.25) is 0 Å². The van der Waals surface area contributed by atoms with Crippen LogP contribution in [-0.4, -0.2) is 41.3 Å². The Morgan fingerprint density at radius 3 is 2.81 bits per heavy atom. The van der Waals surface area contributed by atoms with Crippen LogP contribution >= 0.6 is 11.8 Å². The molecule has 1 aromatic carbocycles. The average Bonchev–Trinajstić information content (AvgIpc) is 2.49. The van der Waals surface area contributed by atoms with Gasteiger partial charge in [-0.25, -0.2) is 9.97 Å². The second-order valence-electron chi connectivity index (χ2n) is 4.23. The number of methoxy groups -OCH3 is 1. The molecule has 21 heavy (non-hydrogen) atoms. The van der Waals surface area contributed by atoms with Crippen LogP contribution in [0, 0.1) is 6.92 Å². The smallest absolute Gasteiger partial charge is 0.325 e. The number of nitrogens with zero attached hydrogens (tertiary/aromatic N) is 2. The zero-order valence-corrected chi connectivity index (χ0v) is 12.6. The third-order valence-electron chi connectivity index (χ3n) is 2.68. The molecule has 6 nitrogen and oxygen atoms in total. The van der Waals surface area contributed by atoms with Crippen LogP contribution in [0.25, 0.3) is 10.9 Å². The van der Waals surface area contributed by atoms with E-state index in [0.29, 0.717) is 5.82 Å². The molecule has 0 spiro atoms. The maximum absolute atomic E-state index is 11.7. The van der Waals surface area contributed by atoms with Gasteiger partial charge in [-0.1, -0.05) is 30.0 Å². The van der Waals surface area contributed by atoms with E-state index in [0.717, 1.165) is 15.9 Å². The van der Waals surface area contributed by atoms with Gasteiger partial charge in [-0.05, 0) is 13.0 Å². The Balaban J connectivity index is 2.03. The third-order valence-corrected chi connectivity index (χ3v) is 3.67. The maximum Gasteiger partial charge on any atom is 0.325 e. The minimum absolute atomic E-state index is 0.126. The minimum atomic E-state index is -0.475. The molecule has 2 rings (SSSR count). The van der Waals surface area contributed by atoms with Gasteiger partial charge in [0.25, 0.3) is 0 Å². The van der Waals surface area contributed by atoms with Crippen molar-refractivity contribution in [2.45, 2.75) is 11.9 Å². The molecule has 0 aliphatic carbocycles. The monoisotopic (exact) mass is 305 g/mol. The molecule has 1 amide bonds. The highest BCUT2D eigenvalue weighted by atomic mass is 32.2. The van der Waals surface area contributed by atoms with Gasteiger partial charge in [-0.3, -0.25) is 9.59 Å². The lowest BCUT2D eigenvalue weighted by molar-refractivity contribution is -0.140. The van der Waals surface area contributed by atoms with Gasteiger partial charge >= 0.3 is 5.97 Å². The zero-order chi connectivity index (χ0) is 15.2. The van der Waals surface area contributed by atoms with E-state index in [4.69, 9.17) is 0 Å². The summed E-state index contributed by atoms with van der Waals surface area (Å²) in [5.74, 6) is 0.117. The molecule has 0 atom stereocenters. The molecule has 0 radical (unpaired) electrons. The molecule has 1 heterocycles. The van der Waals surface area contributed by atoms with Crippen molar-refractivity contribution in [2.24, 2.45) is 0 Å². The van der Waals surface area contributed by atoms with Crippen LogP contribution < -0.4 is 5.32 Å². The van der Waals surface area contributed by atoms with Gasteiger partial charge in [0.05, 0.1) is 18.4 Å². The van der Waals surface area contributed by atoms with E-state index in [1.165, 1.54) is 18.9 Å². The van der Waals surface area contributed by atoms with E-state index in [-0.39, 0.29) is 18.2 Å². The lowest BCUT2D eigenvalue weighted by Gasteiger charge is -2.07. The van der Waals surface area contributed by atoms with Gasteiger partial charge in [0.15, 0.2) is 0 Å². The molecule has 0 saturated carbocycles. The van der Waals surface area contributed by atoms with Crippen molar-refractivity contribution in [2.75, 3.05) is 19.4 Å². The molecule has 110 valence electrons. The van der Waals surface area contributed by atoms with Crippen LogP contribution in [0.3, 0.4) is 0 Å². The molecule has 1 aromatic heterocycles. The second kappa shape index (κ2) is 7.03. The minimum Gasteiger partial charge on any atom is -0.468 e. The molecule has 0 fully saturated rings. The Morgan fingerprint density at radius 1 is 1.29 bits per heavy atom. The Kier molecular flexibility index (Phi) is 5.10. The summed E-state index contributed by atoms with van der Waals surface area (Å²) in [6.07, 6.45) is 0. The van der Waals surface area contributed by atoms with Crippen LogP contribution in [0.4, 0.5) is 0 Å². The highest BCUT2D eigenvalue weighted by molar-refractivity contribution is 8.00. The van der Waals surface area contributed by atoms with Crippen LogP contribution in [0.15, 0.2) is 29.3 Å². The number of esters is 1. The summed E-state index contributed by atoms with van der Waals surface area (Å²) in [7, 11) is 1.28. The van der Waals surface area contributed by atoms with Crippen molar-refractivity contribution >= 4 is 34.5 Å². The summed E-state index contributed by atoms with van der Waals surface area (Å²) in [4.78, 5) is 31.3. The number of para-hydroxylation sites is 1. The maximum atomic E-state index is 11.7. The Hall–Kier alpha value is -2.15. The molecule has 7 heteroatoms. The summed E-state index contributed by atoms with van der Waals surface area (Å²) in [6, 6.07) is 7.64.